The Morgan fingerprint density at radius 1 is 1.33 bits per heavy atom. The van der Waals surface area contributed by atoms with Crippen molar-refractivity contribution in [1.82, 2.24) is 5.09 Å². The third-order valence-corrected chi connectivity index (χ3v) is 3.56. The van der Waals surface area contributed by atoms with Crippen molar-refractivity contribution in [2.45, 2.75) is 46.8 Å². The molecule has 0 aliphatic rings. The lowest BCUT2D eigenvalue weighted by molar-refractivity contribution is -0.148. The van der Waals surface area contributed by atoms with E-state index in [1.807, 2.05) is 45.9 Å². The third-order valence-electron chi connectivity index (χ3n) is 1.87. The van der Waals surface area contributed by atoms with Gasteiger partial charge in [0.15, 0.2) is 7.07 Å². The second-order valence-corrected chi connectivity index (χ2v) is 6.11. The summed E-state index contributed by atoms with van der Waals surface area (Å²) in [5.74, 6) is 0.396. The van der Waals surface area contributed by atoms with Crippen LogP contribution < -0.4 is 5.09 Å². The summed E-state index contributed by atoms with van der Waals surface area (Å²) >= 11 is 5.19. The molecule has 0 amide bonds. The van der Waals surface area contributed by atoms with E-state index in [9.17, 15) is 4.79 Å². The topological polar surface area (TPSA) is 47.6 Å². The van der Waals surface area contributed by atoms with Gasteiger partial charge in [-0.1, -0.05) is 6.08 Å². The molecule has 0 aromatic carbocycles. The molecule has 1 N–H and O–H groups in total. The number of rotatable bonds is 7. The molecule has 0 fully saturated rings. The van der Waals surface area contributed by atoms with E-state index in [0.29, 0.717) is 5.76 Å². The highest BCUT2D eigenvalue weighted by molar-refractivity contribution is 8.02. The Labute approximate surface area is 115 Å². The second-order valence-electron chi connectivity index (χ2n) is 3.93. The summed E-state index contributed by atoms with van der Waals surface area (Å²) in [5, 5.41) is 2.95. The Morgan fingerprint density at radius 3 is 2.39 bits per heavy atom. The Balaban J connectivity index is 4.27. The molecule has 4 nitrogen and oxygen atoms in total. The number of allylic oxidation sites excluding steroid dienone is 3. The Morgan fingerprint density at radius 2 is 1.94 bits per heavy atom. The summed E-state index contributed by atoms with van der Waals surface area (Å²) in [5.41, 5.74) is 0. The Bertz CT molecular complexity index is 353. The van der Waals surface area contributed by atoms with Crippen LogP contribution in [0.25, 0.3) is 0 Å². The monoisotopic (exact) mass is 291 g/mol. The van der Waals surface area contributed by atoms with Gasteiger partial charge in [0.25, 0.3) is 0 Å². The number of ether oxygens (including phenoxy) is 1. The molecule has 0 saturated heterocycles. The fraction of sp³-hybridized carbons (Fsp3) is 0.583. The number of hydrogen-bond acceptors (Lipinski definition) is 4. The van der Waals surface area contributed by atoms with Crippen molar-refractivity contribution in [3.8, 4) is 0 Å². The van der Waals surface area contributed by atoms with Gasteiger partial charge in [-0.25, -0.2) is 5.09 Å². The van der Waals surface area contributed by atoms with Crippen LogP contribution in [0.4, 0.5) is 0 Å². The minimum atomic E-state index is -1.69. The molecule has 0 aromatic heterocycles. The summed E-state index contributed by atoms with van der Waals surface area (Å²) < 4.78 is 10.6. The maximum absolute atomic E-state index is 11.6. The highest BCUT2D eigenvalue weighted by Gasteiger charge is 2.16. The number of esters is 1. The second kappa shape index (κ2) is 9.31. The van der Waals surface area contributed by atoms with Crippen LogP contribution in [-0.2, 0) is 25.9 Å². The van der Waals surface area contributed by atoms with Gasteiger partial charge in [0, 0.05) is 0 Å². The van der Waals surface area contributed by atoms with E-state index in [1.165, 1.54) is 0 Å². The van der Waals surface area contributed by atoms with Crippen molar-refractivity contribution in [2.75, 3.05) is 0 Å². The highest BCUT2D eigenvalue weighted by atomic mass is 32.4. The van der Waals surface area contributed by atoms with E-state index in [1.54, 1.807) is 6.92 Å². The Hall–Kier alpha value is -0.640. The average molecular weight is 291 g/mol. The molecular weight excluding hydrogens is 269 g/mol. The molecule has 0 saturated carbocycles. The van der Waals surface area contributed by atoms with Crippen LogP contribution in [0.2, 0.25) is 0 Å². The molecule has 0 radical (unpaired) electrons. The molecule has 18 heavy (non-hydrogen) atoms. The van der Waals surface area contributed by atoms with E-state index < -0.39 is 13.1 Å². The van der Waals surface area contributed by atoms with Gasteiger partial charge in [0.05, 0.1) is 6.10 Å². The summed E-state index contributed by atoms with van der Waals surface area (Å²) in [6, 6.07) is -0.456. The summed E-state index contributed by atoms with van der Waals surface area (Å²) in [6.45, 7) is 9.11. The molecule has 0 aliphatic heterocycles. The molecule has 2 atom stereocenters. The average Bonchev–Trinajstić information content (AvgIpc) is 2.27. The fourth-order valence-electron chi connectivity index (χ4n) is 1.06. The first kappa shape index (κ1) is 17.4. The molecule has 6 heteroatoms. The molecule has 1 unspecified atom stereocenters. The van der Waals surface area contributed by atoms with Crippen molar-refractivity contribution >= 4 is 24.9 Å². The lowest BCUT2D eigenvalue weighted by Gasteiger charge is -2.17. The molecule has 0 heterocycles. The van der Waals surface area contributed by atoms with Gasteiger partial charge in [-0.3, -0.25) is 4.79 Å². The predicted molar refractivity (Wildman–Crippen MR) is 79.2 cm³/mol. The first-order valence-electron chi connectivity index (χ1n) is 5.88. The quantitative estimate of drug-likeness (QED) is 0.338. The molecule has 104 valence electrons. The molecule has 0 aromatic rings. The zero-order valence-electron chi connectivity index (χ0n) is 11.5. The lowest BCUT2D eigenvalue weighted by Crippen LogP contribution is -2.32. The summed E-state index contributed by atoms with van der Waals surface area (Å²) in [6.07, 6.45) is 5.40. The molecule has 0 aliphatic carbocycles. The predicted octanol–water partition coefficient (Wildman–Crippen LogP) is 2.92. The Kier molecular flexibility index (Phi) is 8.98. The smallest absolute Gasteiger partial charge is 0.323 e. The van der Waals surface area contributed by atoms with E-state index >= 15 is 0 Å². The minimum absolute atomic E-state index is 0.127. The highest BCUT2D eigenvalue weighted by Crippen LogP contribution is 2.23. The number of hydrogen-bond donors (Lipinski definition) is 1. The number of carbonyl (C=O) groups excluding carboxylic acids is 1. The van der Waals surface area contributed by atoms with Gasteiger partial charge >= 0.3 is 5.97 Å². The molecular formula is C12H22NO3PS. The van der Waals surface area contributed by atoms with Crippen LogP contribution in [0, 0.1) is 0 Å². The van der Waals surface area contributed by atoms with Crippen molar-refractivity contribution < 1.29 is 14.1 Å². The largest absolute Gasteiger partial charge is 0.462 e. The molecule has 0 rings (SSSR count). The van der Waals surface area contributed by atoms with Crippen LogP contribution >= 0.6 is 7.07 Å². The van der Waals surface area contributed by atoms with Crippen molar-refractivity contribution in [2.24, 2.45) is 0 Å². The van der Waals surface area contributed by atoms with Crippen LogP contribution in [0.3, 0.4) is 0 Å². The minimum Gasteiger partial charge on any atom is -0.462 e. The number of carbonyl (C=O) groups is 1. The molecule has 0 spiro atoms. The van der Waals surface area contributed by atoms with Crippen LogP contribution in [0.1, 0.15) is 34.6 Å². The zero-order valence-corrected chi connectivity index (χ0v) is 13.3. The van der Waals surface area contributed by atoms with Crippen LogP contribution in [0.5, 0.6) is 0 Å². The van der Waals surface area contributed by atoms with Gasteiger partial charge in [-0.2, -0.15) is 0 Å². The van der Waals surface area contributed by atoms with Gasteiger partial charge in [-0.15, -0.1) is 0 Å². The third kappa shape index (κ3) is 7.64. The van der Waals surface area contributed by atoms with Gasteiger partial charge in [0.2, 0.25) is 0 Å². The standard InChI is InChI=1S/C12H22NO3PS/c1-6-8-11(7-2)16-17(18)13-10(5)12(14)15-9(3)4/h6-10,17H,1-5H3,(H,13,18)/b8-6-,11-7+/t10-/m0/s1. The summed E-state index contributed by atoms with van der Waals surface area (Å²) in [7, 11) is -1.69. The van der Waals surface area contributed by atoms with E-state index in [2.05, 4.69) is 5.09 Å². The zero-order chi connectivity index (χ0) is 14.1. The first-order valence-corrected chi connectivity index (χ1v) is 8.42. The van der Waals surface area contributed by atoms with Gasteiger partial charge in [0.1, 0.15) is 11.8 Å². The van der Waals surface area contributed by atoms with Crippen LogP contribution in [-0.4, -0.2) is 18.1 Å². The number of nitrogens with one attached hydrogen (secondary N) is 1. The molecule has 0 bridgehead atoms. The normalized spacial score (nSPS) is 15.8. The SMILES string of the molecule is C/C=C\C(=C/C)O[PH](=S)N[C@@H](C)C(=O)OC(C)C. The maximum atomic E-state index is 11.6. The van der Waals surface area contributed by atoms with Gasteiger partial charge in [-0.05, 0) is 58.6 Å². The van der Waals surface area contributed by atoms with Crippen molar-refractivity contribution in [3.05, 3.63) is 24.0 Å². The van der Waals surface area contributed by atoms with E-state index in [4.69, 9.17) is 21.1 Å². The fourth-order valence-corrected chi connectivity index (χ4v) is 2.81. The summed E-state index contributed by atoms with van der Waals surface area (Å²) in [4.78, 5) is 11.6. The van der Waals surface area contributed by atoms with Crippen molar-refractivity contribution in [3.63, 3.8) is 0 Å². The maximum Gasteiger partial charge on any atom is 0.323 e. The van der Waals surface area contributed by atoms with Crippen LogP contribution in [0.15, 0.2) is 24.0 Å². The lowest BCUT2D eigenvalue weighted by atomic mass is 10.4. The van der Waals surface area contributed by atoms with Gasteiger partial charge < -0.3 is 9.26 Å². The van der Waals surface area contributed by atoms with E-state index in [0.717, 1.165) is 0 Å². The van der Waals surface area contributed by atoms with E-state index in [-0.39, 0.29) is 12.1 Å². The first-order chi connectivity index (χ1) is 8.40. The van der Waals surface area contributed by atoms with Crippen molar-refractivity contribution in [1.29, 1.82) is 0 Å².